The molecule has 30 heavy (non-hydrogen) atoms. The van der Waals surface area contributed by atoms with E-state index in [1.165, 1.54) is 0 Å². The quantitative estimate of drug-likeness (QED) is 0.623. The van der Waals surface area contributed by atoms with E-state index in [4.69, 9.17) is 4.52 Å². The normalized spacial score (nSPS) is 19.5. The van der Waals surface area contributed by atoms with Crippen molar-refractivity contribution in [1.29, 1.82) is 0 Å². The fourth-order valence-corrected chi connectivity index (χ4v) is 4.44. The lowest BCUT2D eigenvalue weighted by Gasteiger charge is -2.34. The summed E-state index contributed by atoms with van der Waals surface area (Å²) in [7, 11) is 1.78. The molecular weight excluding hydrogens is 380 g/mol. The first-order chi connectivity index (χ1) is 14.5. The number of carbonyl (C=O) groups excluding carboxylic acids is 2. The molecule has 1 fully saturated rings. The van der Waals surface area contributed by atoms with Crippen molar-refractivity contribution in [2.75, 3.05) is 49.6 Å². The lowest BCUT2D eigenvalue weighted by Crippen LogP contribution is -2.48. The SMILES string of the molecule is CC1C(=O)N(C)c2ccc(C(=O)CN3CCN(c4noc5ccccc45)CC3)cc21. The molecule has 5 rings (SSSR count). The predicted octanol–water partition coefficient (Wildman–Crippen LogP) is 2.91. The second-order valence-electron chi connectivity index (χ2n) is 8.08. The van der Waals surface area contributed by atoms with E-state index in [0.717, 1.165) is 54.2 Å². The fourth-order valence-electron chi connectivity index (χ4n) is 4.44. The number of aromatic nitrogens is 1. The van der Waals surface area contributed by atoms with Crippen molar-refractivity contribution in [3.63, 3.8) is 0 Å². The first kappa shape index (κ1) is 18.8. The van der Waals surface area contributed by atoms with Crippen molar-refractivity contribution in [3.8, 4) is 0 Å². The molecule has 0 N–H and O–H groups in total. The van der Waals surface area contributed by atoms with E-state index in [2.05, 4.69) is 15.0 Å². The van der Waals surface area contributed by atoms with Gasteiger partial charge >= 0.3 is 0 Å². The number of para-hydroxylation sites is 1. The summed E-state index contributed by atoms with van der Waals surface area (Å²) < 4.78 is 5.42. The average molecular weight is 404 g/mol. The highest BCUT2D eigenvalue weighted by atomic mass is 16.5. The van der Waals surface area contributed by atoms with Crippen LogP contribution in [0.4, 0.5) is 11.5 Å². The van der Waals surface area contributed by atoms with Crippen molar-refractivity contribution >= 4 is 34.2 Å². The Morgan fingerprint density at radius 2 is 1.90 bits per heavy atom. The second-order valence-corrected chi connectivity index (χ2v) is 8.08. The van der Waals surface area contributed by atoms with Gasteiger partial charge < -0.3 is 14.3 Å². The van der Waals surface area contributed by atoms with Crippen LogP contribution in [0.5, 0.6) is 0 Å². The molecule has 1 aromatic heterocycles. The van der Waals surface area contributed by atoms with Crippen molar-refractivity contribution < 1.29 is 14.1 Å². The van der Waals surface area contributed by atoms with Gasteiger partial charge in [0.05, 0.1) is 17.8 Å². The molecule has 7 nitrogen and oxygen atoms in total. The van der Waals surface area contributed by atoms with Gasteiger partial charge in [0.25, 0.3) is 0 Å². The number of carbonyl (C=O) groups is 2. The van der Waals surface area contributed by atoms with E-state index in [0.29, 0.717) is 12.1 Å². The number of piperazine rings is 1. The molecule has 1 unspecified atom stereocenters. The zero-order chi connectivity index (χ0) is 20.8. The van der Waals surface area contributed by atoms with Gasteiger partial charge in [0.15, 0.2) is 17.2 Å². The Morgan fingerprint density at radius 3 is 2.70 bits per heavy atom. The lowest BCUT2D eigenvalue weighted by atomic mass is 9.98. The topological polar surface area (TPSA) is 69.9 Å². The van der Waals surface area contributed by atoms with Gasteiger partial charge in [0.2, 0.25) is 5.91 Å². The molecule has 1 saturated heterocycles. The van der Waals surface area contributed by atoms with Gasteiger partial charge in [-0.2, -0.15) is 0 Å². The summed E-state index contributed by atoms with van der Waals surface area (Å²) in [5.74, 6) is 0.843. The Hall–Kier alpha value is -3.19. The van der Waals surface area contributed by atoms with Crippen LogP contribution in [0.3, 0.4) is 0 Å². The molecule has 7 heteroatoms. The molecular formula is C23H24N4O3. The van der Waals surface area contributed by atoms with E-state index >= 15 is 0 Å². The first-order valence-corrected chi connectivity index (χ1v) is 10.3. The number of anilines is 2. The third kappa shape index (κ3) is 3.06. The van der Waals surface area contributed by atoms with E-state index in [9.17, 15) is 9.59 Å². The van der Waals surface area contributed by atoms with Crippen LogP contribution in [0.2, 0.25) is 0 Å². The highest BCUT2D eigenvalue weighted by Crippen LogP contribution is 2.36. The van der Waals surface area contributed by atoms with Gasteiger partial charge in [-0.15, -0.1) is 0 Å². The number of Topliss-reactive ketones (excluding diaryl/α,β-unsaturated/α-hetero) is 1. The smallest absolute Gasteiger partial charge is 0.234 e. The number of rotatable bonds is 4. The summed E-state index contributed by atoms with van der Waals surface area (Å²) in [5.41, 5.74) is 3.31. The number of amides is 1. The van der Waals surface area contributed by atoms with Crippen LogP contribution in [0.1, 0.15) is 28.8 Å². The summed E-state index contributed by atoms with van der Waals surface area (Å²) in [4.78, 5) is 31.1. The van der Waals surface area contributed by atoms with Gasteiger partial charge in [-0.25, -0.2) is 0 Å². The molecule has 154 valence electrons. The van der Waals surface area contributed by atoms with Gasteiger partial charge in [-0.3, -0.25) is 14.5 Å². The van der Waals surface area contributed by atoms with Crippen molar-refractivity contribution in [3.05, 3.63) is 53.6 Å². The van der Waals surface area contributed by atoms with Crippen LogP contribution < -0.4 is 9.80 Å². The summed E-state index contributed by atoms with van der Waals surface area (Å²) in [6.07, 6.45) is 0. The van der Waals surface area contributed by atoms with E-state index in [-0.39, 0.29) is 17.6 Å². The second kappa shape index (κ2) is 7.25. The van der Waals surface area contributed by atoms with Gasteiger partial charge in [-0.05, 0) is 42.8 Å². The number of benzene rings is 2. The number of hydrogen-bond donors (Lipinski definition) is 0. The van der Waals surface area contributed by atoms with Crippen LogP contribution in [0, 0.1) is 0 Å². The molecule has 1 amide bonds. The summed E-state index contributed by atoms with van der Waals surface area (Å²) >= 11 is 0. The third-order valence-corrected chi connectivity index (χ3v) is 6.28. The maximum absolute atomic E-state index is 12.9. The van der Waals surface area contributed by atoms with E-state index in [1.807, 2.05) is 49.4 Å². The number of nitrogens with zero attached hydrogens (tertiary/aromatic N) is 4. The summed E-state index contributed by atoms with van der Waals surface area (Å²) in [6.45, 7) is 5.44. The molecule has 2 aliphatic heterocycles. The summed E-state index contributed by atoms with van der Waals surface area (Å²) in [5, 5.41) is 5.26. The number of fused-ring (bicyclic) bond motifs is 2. The minimum absolute atomic E-state index is 0.0751. The maximum Gasteiger partial charge on any atom is 0.234 e. The molecule has 3 aromatic rings. The summed E-state index contributed by atoms with van der Waals surface area (Å²) in [6, 6.07) is 13.5. The molecule has 0 bridgehead atoms. The van der Waals surface area contributed by atoms with E-state index < -0.39 is 0 Å². The van der Waals surface area contributed by atoms with Crippen molar-refractivity contribution in [1.82, 2.24) is 10.1 Å². The van der Waals surface area contributed by atoms with Crippen molar-refractivity contribution in [2.24, 2.45) is 0 Å². The largest absolute Gasteiger partial charge is 0.354 e. The van der Waals surface area contributed by atoms with Gasteiger partial charge in [0, 0.05) is 44.5 Å². The van der Waals surface area contributed by atoms with Crippen LogP contribution in [0.15, 0.2) is 47.0 Å². The van der Waals surface area contributed by atoms with Crippen LogP contribution >= 0.6 is 0 Å². The fraction of sp³-hybridized carbons (Fsp3) is 0.348. The molecule has 0 aliphatic carbocycles. The highest BCUT2D eigenvalue weighted by molar-refractivity contribution is 6.06. The number of hydrogen-bond acceptors (Lipinski definition) is 6. The predicted molar refractivity (Wildman–Crippen MR) is 115 cm³/mol. The molecule has 1 atom stereocenters. The molecule has 2 aliphatic rings. The molecule has 2 aromatic carbocycles. The minimum Gasteiger partial charge on any atom is -0.354 e. The van der Waals surface area contributed by atoms with Gasteiger partial charge in [-0.1, -0.05) is 17.3 Å². The lowest BCUT2D eigenvalue weighted by molar-refractivity contribution is -0.118. The number of ketones is 1. The zero-order valence-corrected chi connectivity index (χ0v) is 17.2. The van der Waals surface area contributed by atoms with Gasteiger partial charge in [0.1, 0.15) is 0 Å². The molecule has 0 spiro atoms. The number of likely N-dealkylation sites (N-methyl/N-ethyl adjacent to an activating group) is 1. The Morgan fingerprint density at radius 1 is 1.13 bits per heavy atom. The molecule has 0 radical (unpaired) electrons. The van der Waals surface area contributed by atoms with Crippen molar-refractivity contribution in [2.45, 2.75) is 12.8 Å². The van der Waals surface area contributed by atoms with E-state index in [1.54, 1.807) is 11.9 Å². The first-order valence-electron chi connectivity index (χ1n) is 10.3. The maximum atomic E-state index is 12.9. The molecule has 0 saturated carbocycles. The highest BCUT2D eigenvalue weighted by Gasteiger charge is 2.32. The Balaban J connectivity index is 1.24. The third-order valence-electron chi connectivity index (χ3n) is 6.28. The average Bonchev–Trinajstić information content (AvgIpc) is 3.30. The Bertz CT molecular complexity index is 1130. The van der Waals surface area contributed by atoms with Crippen LogP contribution in [-0.4, -0.2) is 61.5 Å². The Kier molecular flexibility index (Phi) is 4.55. The minimum atomic E-state index is -0.196. The zero-order valence-electron chi connectivity index (χ0n) is 17.2. The Labute approximate surface area is 174 Å². The standard InChI is InChI=1S/C23H24N4O3/c1-15-18-13-16(7-8-19(18)25(2)23(15)29)20(28)14-26-9-11-27(12-10-26)22-17-5-3-4-6-21(17)30-24-22/h3-8,13,15H,9-12,14H2,1-2H3. The van der Waals surface area contributed by atoms with Crippen LogP contribution in [0.25, 0.3) is 11.0 Å². The monoisotopic (exact) mass is 404 g/mol. The van der Waals surface area contributed by atoms with Crippen LogP contribution in [-0.2, 0) is 4.79 Å². The molecule has 3 heterocycles.